The Morgan fingerprint density at radius 1 is 1.08 bits per heavy atom. The highest BCUT2D eigenvalue weighted by molar-refractivity contribution is 6.31. The van der Waals surface area contributed by atoms with Crippen LogP contribution < -0.4 is 10.6 Å². The van der Waals surface area contributed by atoms with Crippen LogP contribution >= 0.6 is 0 Å². The molecule has 3 aliphatic rings. The van der Waals surface area contributed by atoms with Crippen LogP contribution in [0, 0.1) is 0 Å². The molecule has 3 aromatic carbocycles. The smallest absolute Gasteiger partial charge is 0.254 e. The van der Waals surface area contributed by atoms with Crippen LogP contribution in [-0.2, 0) is 15.2 Å². The normalized spacial score (nSPS) is 28.9. The Morgan fingerprint density at radius 3 is 2.50 bits per heavy atom. The van der Waals surface area contributed by atoms with Gasteiger partial charge in [-0.25, -0.2) is 0 Å². The lowest BCUT2D eigenvalue weighted by atomic mass is 9.93. The second kappa shape index (κ2) is 6.66. The Morgan fingerprint density at radius 2 is 1.78 bits per heavy atom. The topological polar surface area (TPSA) is 89.7 Å². The summed E-state index contributed by atoms with van der Waals surface area (Å²) in [6.45, 7) is 2.09. The van der Waals surface area contributed by atoms with Gasteiger partial charge < -0.3 is 34.3 Å². The van der Waals surface area contributed by atoms with E-state index in [0.717, 1.165) is 43.6 Å². The minimum Gasteiger partial charge on any atom is -0.375 e. The number of carbonyl (C=O) groups excluding carboxylic acids is 1. The van der Waals surface area contributed by atoms with E-state index in [4.69, 9.17) is 9.47 Å². The number of likely N-dealkylation sites (N-methyl/N-ethyl adjacent to an activating group) is 1. The lowest BCUT2D eigenvalue weighted by Crippen LogP contribution is -2.59. The number of ether oxygens (including phenoxy) is 2. The van der Waals surface area contributed by atoms with Crippen LogP contribution in [0.3, 0.4) is 0 Å². The first-order valence-corrected chi connectivity index (χ1v) is 12.4. The van der Waals surface area contributed by atoms with Crippen LogP contribution in [0.25, 0.3) is 43.6 Å². The van der Waals surface area contributed by atoms with Crippen LogP contribution in [0.4, 0.5) is 0 Å². The lowest BCUT2D eigenvalue weighted by Gasteiger charge is -2.48. The number of hydrogen-bond donors (Lipinski definition) is 3. The SMILES string of the molecule is CN[C@@H]1CC2OC(C)([C@@H]1OC)n1c3ccccc3c3c4c(c5c6ccccc6n2c5c31)C(=O)N[C@@H]4O. The van der Waals surface area contributed by atoms with Gasteiger partial charge in [0.1, 0.15) is 12.3 Å². The molecular formula is C28H26N4O4. The molecule has 5 aromatic rings. The van der Waals surface area contributed by atoms with Crippen LogP contribution in [0.2, 0.25) is 0 Å². The molecule has 1 saturated heterocycles. The minimum atomic E-state index is -1.09. The summed E-state index contributed by atoms with van der Waals surface area (Å²) >= 11 is 0. The molecule has 182 valence electrons. The maximum Gasteiger partial charge on any atom is 0.254 e. The van der Waals surface area contributed by atoms with Crippen LogP contribution in [-0.4, -0.2) is 46.5 Å². The number of para-hydroxylation sites is 2. The second-order valence-corrected chi connectivity index (χ2v) is 10.3. The Labute approximate surface area is 206 Å². The van der Waals surface area contributed by atoms with E-state index in [1.807, 2.05) is 31.3 Å². The summed E-state index contributed by atoms with van der Waals surface area (Å²) in [5.74, 6) is -0.249. The van der Waals surface area contributed by atoms with Gasteiger partial charge in [-0.1, -0.05) is 36.4 Å². The van der Waals surface area contributed by atoms with Crippen molar-refractivity contribution in [2.24, 2.45) is 0 Å². The van der Waals surface area contributed by atoms with Gasteiger partial charge in [-0.3, -0.25) is 4.79 Å². The van der Waals surface area contributed by atoms with E-state index < -0.39 is 12.0 Å². The molecule has 8 nitrogen and oxygen atoms in total. The highest BCUT2D eigenvalue weighted by Gasteiger charge is 2.53. The van der Waals surface area contributed by atoms with E-state index in [1.54, 1.807) is 7.11 Å². The van der Waals surface area contributed by atoms with Gasteiger partial charge in [-0.05, 0) is 26.1 Å². The maximum atomic E-state index is 13.4. The van der Waals surface area contributed by atoms with E-state index in [2.05, 4.69) is 51.0 Å². The largest absolute Gasteiger partial charge is 0.375 e. The molecule has 2 bridgehead atoms. The van der Waals surface area contributed by atoms with Crippen molar-refractivity contribution < 1.29 is 19.4 Å². The number of aliphatic hydroxyl groups is 1. The van der Waals surface area contributed by atoms with Gasteiger partial charge in [0.25, 0.3) is 5.91 Å². The summed E-state index contributed by atoms with van der Waals surface area (Å²) in [6, 6.07) is 16.4. The molecule has 3 aliphatic heterocycles. The predicted octanol–water partition coefficient (Wildman–Crippen LogP) is 3.84. The second-order valence-electron chi connectivity index (χ2n) is 10.3. The van der Waals surface area contributed by atoms with Crippen molar-refractivity contribution in [2.45, 2.75) is 43.7 Å². The Hall–Kier alpha value is -3.43. The average molecular weight is 483 g/mol. The number of methoxy groups -OCH3 is 1. The van der Waals surface area contributed by atoms with Gasteiger partial charge in [0.15, 0.2) is 12.0 Å². The molecule has 2 aromatic heterocycles. The van der Waals surface area contributed by atoms with Crippen LogP contribution in [0.15, 0.2) is 48.5 Å². The number of nitrogens with one attached hydrogen (secondary N) is 2. The van der Waals surface area contributed by atoms with Crippen molar-refractivity contribution in [1.29, 1.82) is 0 Å². The first-order valence-electron chi connectivity index (χ1n) is 12.4. The number of carbonyl (C=O) groups is 1. The van der Waals surface area contributed by atoms with Gasteiger partial charge in [0, 0.05) is 46.7 Å². The molecule has 0 radical (unpaired) electrons. The summed E-state index contributed by atoms with van der Waals surface area (Å²) in [4.78, 5) is 13.4. The van der Waals surface area contributed by atoms with E-state index in [-0.39, 0.29) is 24.3 Å². The van der Waals surface area contributed by atoms with Crippen molar-refractivity contribution in [1.82, 2.24) is 19.8 Å². The van der Waals surface area contributed by atoms with Crippen molar-refractivity contribution in [3.8, 4) is 0 Å². The lowest BCUT2D eigenvalue weighted by molar-refractivity contribution is -0.256. The standard InChI is InChI=1S/C28H26N4O4/c1-28-25(35-3)15(29-2)12-18(36-28)31-16-10-6-4-8-13(16)19-21-22(27(34)30-26(21)33)20-14-9-5-7-11-17(14)32(28)24(20)23(19)31/h4-11,15,18,25,27,29,34H,12H2,1-3H3,(H,30,33)/t15-,18?,25-,27-,28?/m1/s1. The van der Waals surface area contributed by atoms with Crippen molar-refractivity contribution >= 4 is 49.5 Å². The average Bonchev–Trinajstić information content (AvgIpc) is 3.48. The number of aliphatic hydroxyl groups excluding tert-OH is 1. The third-order valence-electron chi connectivity index (χ3n) is 8.65. The fourth-order valence-electron chi connectivity index (χ4n) is 7.38. The zero-order valence-electron chi connectivity index (χ0n) is 20.2. The fraction of sp³-hybridized carbons (Fsp3) is 0.321. The van der Waals surface area contributed by atoms with Gasteiger partial charge in [0.05, 0.1) is 27.6 Å². The van der Waals surface area contributed by atoms with E-state index in [0.29, 0.717) is 17.5 Å². The zero-order valence-corrected chi connectivity index (χ0v) is 20.2. The Bertz CT molecular complexity index is 1790. The highest BCUT2D eigenvalue weighted by Crippen LogP contribution is 2.54. The number of rotatable bonds is 2. The number of hydrogen-bond acceptors (Lipinski definition) is 5. The first kappa shape index (κ1) is 20.7. The molecule has 5 atom stereocenters. The summed E-state index contributed by atoms with van der Waals surface area (Å²) < 4.78 is 17.7. The molecule has 0 spiro atoms. The van der Waals surface area contributed by atoms with Crippen molar-refractivity contribution in [3.63, 3.8) is 0 Å². The van der Waals surface area contributed by atoms with Gasteiger partial charge >= 0.3 is 0 Å². The van der Waals surface area contributed by atoms with E-state index in [9.17, 15) is 9.90 Å². The molecule has 0 saturated carbocycles. The van der Waals surface area contributed by atoms with Gasteiger partial charge in [-0.2, -0.15) is 0 Å². The zero-order chi connectivity index (χ0) is 24.5. The van der Waals surface area contributed by atoms with Gasteiger partial charge in [-0.15, -0.1) is 0 Å². The molecule has 0 aliphatic carbocycles. The third kappa shape index (κ3) is 2.15. The van der Waals surface area contributed by atoms with Crippen molar-refractivity contribution in [3.05, 3.63) is 59.7 Å². The summed E-state index contributed by atoms with van der Waals surface area (Å²) in [6.07, 6.45) is -0.941. The predicted molar refractivity (Wildman–Crippen MR) is 137 cm³/mol. The Kier molecular flexibility index (Phi) is 3.83. The molecule has 36 heavy (non-hydrogen) atoms. The number of nitrogens with zero attached hydrogens (tertiary/aromatic N) is 2. The van der Waals surface area contributed by atoms with E-state index in [1.165, 1.54) is 0 Å². The number of benzene rings is 3. The Balaban J connectivity index is 1.73. The molecule has 8 rings (SSSR count). The summed E-state index contributed by atoms with van der Waals surface area (Å²) in [5, 5.41) is 21.1. The van der Waals surface area contributed by atoms with Gasteiger partial charge in [0.2, 0.25) is 0 Å². The maximum absolute atomic E-state index is 13.4. The molecule has 1 amide bonds. The minimum absolute atomic E-state index is 0.0289. The molecule has 5 heterocycles. The van der Waals surface area contributed by atoms with Crippen LogP contribution in [0.5, 0.6) is 0 Å². The number of aromatic nitrogens is 2. The number of amides is 1. The molecule has 8 heteroatoms. The monoisotopic (exact) mass is 482 g/mol. The molecular weight excluding hydrogens is 456 g/mol. The quantitative estimate of drug-likeness (QED) is 0.356. The first-order chi connectivity index (χ1) is 17.5. The van der Waals surface area contributed by atoms with Crippen molar-refractivity contribution in [2.75, 3.05) is 14.2 Å². The van der Waals surface area contributed by atoms with E-state index >= 15 is 0 Å². The molecule has 2 unspecified atom stereocenters. The summed E-state index contributed by atoms with van der Waals surface area (Å²) in [7, 11) is 3.70. The summed E-state index contributed by atoms with van der Waals surface area (Å²) in [5.41, 5.74) is 4.25. The molecule has 3 N–H and O–H groups in total. The number of fused-ring (bicyclic) bond motifs is 13. The highest BCUT2D eigenvalue weighted by atomic mass is 16.6. The van der Waals surface area contributed by atoms with Crippen LogP contribution in [0.1, 0.15) is 41.7 Å². The third-order valence-corrected chi connectivity index (χ3v) is 8.65. The molecule has 1 fully saturated rings. The fourth-order valence-corrected chi connectivity index (χ4v) is 7.38.